The van der Waals surface area contributed by atoms with Gasteiger partial charge < -0.3 is 0 Å². The van der Waals surface area contributed by atoms with Crippen LogP contribution in [0, 0.1) is 0 Å². The number of hydrogen-bond acceptors (Lipinski definition) is 1. The Morgan fingerprint density at radius 2 is 2.00 bits per heavy atom. The zero-order valence-electron chi connectivity index (χ0n) is 4.93. The highest BCUT2D eigenvalue weighted by atomic mass is 35.5. The van der Waals surface area contributed by atoms with Gasteiger partial charge in [0, 0.05) is 0 Å². The summed E-state index contributed by atoms with van der Waals surface area (Å²) in [5.74, 6) is 0. The fourth-order valence-corrected chi connectivity index (χ4v) is 0.234. The fourth-order valence-electron chi connectivity index (χ4n) is 0.177. The summed E-state index contributed by atoms with van der Waals surface area (Å²) < 4.78 is 0.198. The summed E-state index contributed by atoms with van der Waals surface area (Å²) in [6.45, 7) is 0.363. The molecule has 0 spiro atoms. The molecular formula is C4H10Cl2NO+. The molecule has 0 aromatic heterocycles. The van der Waals surface area contributed by atoms with E-state index in [1.54, 1.807) is 14.1 Å². The second-order valence-electron chi connectivity index (χ2n) is 1.89. The van der Waals surface area contributed by atoms with E-state index >= 15 is 0 Å². The predicted molar refractivity (Wildman–Crippen MR) is 36.1 cm³/mol. The smallest absolute Gasteiger partial charge is 0.175 e. The van der Waals surface area contributed by atoms with Gasteiger partial charge in [-0.1, -0.05) is 0 Å². The van der Waals surface area contributed by atoms with Crippen molar-refractivity contribution in [3.8, 4) is 0 Å². The molecule has 0 bridgehead atoms. The molecule has 0 N–H and O–H groups in total. The van der Waals surface area contributed by atoms with Crippen molar-refractivity contribution in [3.05, 3.63) is 0 Å². The van der Waals surface area contributed by atoms with Gasteiger partial charge in [-0.05, 0) is 0 Å². The molecule has 0 saturated heterocycles. The number of nitrogens with zero attached hydrogens (tertiary/aromatic N) is 1. The van der Waals surface area contributed by atoms with E-state index in [0.717, 1.165) is 6.29 Å². The van der Waals surface area contributed by atoms with Gasteiger partial charge in [0.1, 0.15) is 0 Å². The molecule has 2 nitrogen and oxygen atoms in total. The van der Waals surface area contributed by atoms with Crippen molar-refractivity contribution in [2.75, 3.05) is 20.6 Å². The minimum absolute atomic E-state index is 0. The van der Waals surface area contributed by atoms with E-state index in [2.05, 4.69) is 0 Å². The molecule has 0 aromatic carbocycles. The van der Waals surface area contributed by atoms with Gasteiger partial charge >= 0.3 is 0 Å². The first-order valence-corrected chi connectivity index (χ1v) is 2.36. The Hall–Kier alpha value is 0.210. The molecule has 0 heterocycles. The molecule has 0 fully saturated rings. The van der Waals surface area contributed by atoms with Crippen LogP contribution in [0.2, 0.25) is 0 Å². The largest absolute Gasteiger partial charge is 0.297 e. The monoisotopic (exact) mass is 158 g/mol. The third-order valence-electron chi connectivity index (χ3n) is 0.509. The molecule has 50 valence electrons. The van der Waals surface area contributed by atoms with E-state index in [1.165, 1.54) is 0 Å². The lowest BCUT2D eigenvalue weighted by molar-refractivity contribution is -0.761. The van der Waals surface area contributed by atoms with Gasteiger partial charge in [0.15, 0.2) is 24.6 Å². The molecule has 8 heavy (non-hydrogen) atoms. The SMILES string of the molecule is C[N+](C)(Cl)CC=O.Cl. The first kappa shape index (κ1) is 11.1. The number of carbonyl (C=O) groups excluding carboxylic acids is 1. The fraction of sp³-hybridized carbons (Fsp3) is 0.750. The van der Waals surface area contributed by atoms with E-state index in [9.17, 15) is 4.79 Å². The molecule has 0 saturated carbocycles. The lowest BCUT2D eigenvalue weighted by Gasteiger charge is -2.12. The highest BCUT2D eigenvalue weighted by Crippen LogP contribution is 1.97. The van der Waals surface area contributed by atoms with Crippen LogP contribution in [0.3, 0.4) is 0 Å². The van der Waals surface area contributed by atoms with Gasteiger partial charge in [-0.3, -0.25) is 4.79 Å². The Balaban J connectivity index is 0. The number of carbonyl (C=O) groups is 1. The summed E-state index contributed by atoms with van der Waals surface area (Å²) in [5.41, 5.74) is 0. The van der Waals surface area contributed by atoms with E-state index in [4.69, 9.17) is 11.8 Å². The molecular weight excluding hydrogens is 149 g/mol. The van der Waals surface area contributed by atoms with E-state index in [-0.39, 0.29) is 16.4 Å². The third-order valence-corrected chi connectivity index (χ3v) is 0.647. The summed E-state index contributed by atoms with van der Waals surface area (Å²) in [6.07, 6.45) is 0.799. The van der Waals surface area contributed by atoms with Crippen LogP contribution in [-0.2, 0) is 4.79 Å². The Bertz CT molecular complexity index is 68.9. The molecule has 0 aliphatic carbocycles. The second-order valence-corrected chi connectivity index (χ2v) is 2.80. The van der Waals surface area contributed by atoms with Crippen LogP contribution in [0.5, 0.6) is 0 Å². The Morgan fingerprint density at radius 3 is 2.00 bits per heavy atom. The molecule has 0 rings (SSSR count). The zero-order chi connectivity index (χ0) is 5.91. The highest BCUT2D eigenvalue weighted by molar-refractivity contribution is 6.06. The maximum Gasteiger partial charge on any atom is 0.175 e. The summed E-state index contributed by atoms with van der Waals surface area (Å²) in [7, 11) is 3.49. The Labute approximate surface area is 60.5 Å². The van der Waals surface area contributed by atoms with Crippen molar-refractivity contribution in [2.24, 2.45) is 0 Å². The van der Waals surface area contributed by atoms with Gasteiger partial charge in [0.25, 0.3) is 0 Å². The van der Waals surface area contributed by atoms with Gasteiger partial charge in [0.2, 0.25) is 0 Å². The minimum Gasteiger partial charge on any atom is -0.297 e. The molecule has 0 amide bonds. The topological polar surface area (TPSA) is 17.1 Å². The number of likely N-dealkylation sites (N-methyl/N-ethyl adjacent to an activating group) is 1. The van der Waals surface area contributed by atoms with Crippen molar-refractivity contribution in [3.63, 3.8) is 0 Å². The Kier molecular flexibility index (Phi) is 5.71. The van der Waals surface area contributed by atoms with Crippen molar-refractivity contribution >= 4 is 30.5 Å². The third kappa shape index (κ3) is 9.51. The van der Waals surface area contributed by atoms with Crippen LogP contribution in [0.4, 0.5) is 0 Å². The Morgan fingerprint density at radius 1 is 1.62 bits per heavy atom. The molecule has 0 radical (unpaired) electrons. The number of hydrogen-bond donors (Lipinski definition) is 0. The first-order chi connectivity index (χ1) is 3.06. The first-order valence-electron chi connectivity index (χ1n) is 2.02. The van der Waals surface area contributed by atoms with Crippen LogP contribution in [0.1, 0.15) is 0 Å². The van der Waals surface area contributed by atoms with Crippen LogP contribution in [-0.4, -0.2) is 30.9 Å². The number of aldehydes is 1. The van der Waals surface area contributed by atoms with E-state index in [1.807, 2.05) is 0 Å². The summed E-state index contributed by atoms with van der Waals surface area (Å²) in [4.78, 5) is 9.72. The minimum atomic E-state index is 0. The lowest BCUT2D eigenvalue weighted by Crippen LogP contribution is -2.29. The standard InChI is InChI=1S/C4H9ClNO.ClH/c1-6(2,5)3-4-7;/h4H,3H2,1-2H3;1H/q+1;. The number of quaternary nitrogens is 1. The van der Waals surface area contributed by atoms with Crippen LogP contribution >= 0.6 is 24.2 Å². The maximum absolute atomic E-state index is 9.72. The average molecular weight is 159 g/mol. The number of halogens is 2. The summed E-state index contributed by atoms with van der Waals surface area (Å²) >= 11 is 5.54. The van der Waals surface area contributed by atoms with Gasteiger partial charge in [0.05, 0.1) is 14.1 Å². The van der Waals surface area contributed by atoms with Gasteiger partial charge in [-0.2, -0.15) is 0 Å². The van der Waals surface area contributed by atoms with Crippen molar-refractivity contribution in [2.45, 2.75) is 0 Å². The van der Waals surface area contributed by atoms with Crippen LogP contribution < -0.4 is 0 Å². The van der Waals surface area contributed by atoms with Crippen molar-refractivity contribution in [1.29, 1.82) is 0 Å². The molecule has 0 aromatic rings. The second kappa shape index (κ2) is 4.13. The maximum atomic E-state index is 9.72. The lowest BCUT2D eigenvalue weighted by atomic mass is 10.7. The van der Waals surface area contributed by atoms with Gasteiger partial charge in [-0.15, -0.1) is 12.4 Å². The quantitative estimate of drug-likeness (QED) is 0.431. The zero-order valence-corrected chi connectivity index (χ0v) is 6.50. The van der Waals surface area contributed by atoms with Crippen LogP contribution in [0.15, 0.2) is 0 Å². The van der Waals surface area contributed by atoms with E-state index < -0.39 is 0 Å². The average Bonchev–Trinajstić information content (AvgIpc) is 1.30. The molecule has 0 aliphatic rings. The molecule has 0 unspecified atom stereocenters. The molecule has 4 heteroatoms. The van der Waals surface area contributed by atoms with Crippen molar-refractivity contribution < 1.29 is 8.80 Å². The van der Waals surface area contributed by atoms with Gasteiger partial charge in [-0.25, -0.2) is 4.00 Å². The summed E-state index contributed by atoms with van der Waals surface area (Å²) in [6, 6.07) is 0. The molecule has 0 aliphatic heterocycles. The van der Waals surface area contributed by atoms with Crippen molar-refractivity contribution in [1.82, 2.24) is 0 Å². The van der Waals surface area contributed by atoms with Crippen LogP contribution in [0.25, 0.3) is 0 Å². The highest BCUT2D eigenvalue weighted by Gasteiger charge is 2.07. The number of rotatable bonds is 2. The molecule has 0 atom stereocenters. The predicted octanol–water partition coefficient (Wildman–Crippen LogP) is 0.837. The summed E-state index contributed by atoms with van der Waals surface area (Å²) in [5, 5.41) is 0. The normalized spacial score (nSPS) is 9.88. The van der Waals surface area contributed by atoms with E-state index in [0.29, 0.717) is 6.54 Å².